The summed E-state index contributed by atoms with van der Waals surface area (Å²) in [5.41, 5.74) is 1.60. The largest absolute Gasteiger partial charge is 0.493 e. The fraction of sp³-hybridized carbons (Fsp3) is 0.182. The van der Waals surface area contributed by atoms with Crippen LogP contribution in [-0.4, -0.2) is 20.0 Å². The number of carbonyl (C=O) groups is 1. The summed E-state index contributed by atoms with van der Waals surface area (Å²) in [6.45, 7) is 0.0710. The maximum atomic E-state index is 10.6. The first-order chi connectivity index (χ1) is 8.12. The molecule has 0 spiro atoms. The van der Waals surface area contributed by atoms with E-state index in [1.165, 1.54) is 24.8 Å². The summed E-state index contributed by atoms with van der Waals surface area (Å²) in [7, 11) is 1.45. The number of halogens is 3. The maximum absolute atomic E-state index is 10.6. The molecule has 0 aliphatic carbocycles. The van der Waals surface area contributed by atoms with E-state index in [1.807, 2.05) is 0 Å². The normalized spacial score (nSPS) is 11.2. The molecule has 0 aromatic heterocycles. The van der Waals surface area contributed by atoms with Crippen molar-refractivity contribution in [3.8, 4) is 11.5 Å². The number of aldehydes is 1. The number of carbonyl (C=O) groups excluding carboxylic acids is 1. The standard InChI is InChI=1S/C11H9Cl3O3/c1-16-10-3-7(5-15)2-9(14)11(10)17-6-8(13)4-12/h2-5H,6H2,1H3. The number of ether oxygens (including phenoxy) is 2. The Morgan fingerprint density at radius 3 is 2.71 bits per heavy atom. The molecule has 92 valence electrons. The topological polar surface area (TPSA) is 35.5 Å². The molecule has 0 aliphatic rings. The number of methoxy groups -OCH3 is 1. The van der Waals surface area contributed by atoms with Gasteiger partial charge in [-0.05, 0) is 12.1 Å². The summed E-state index contributed by atoms with van der Waals surface area (Å²) in [5, 5.41) is 0.592. The lowest BCUT2D eigenvalue weighted by Crippen LogP contribution is -2.00. The van der Waals surface area contributed by atoms with Gasteiger partial charge in [0.15, 0.2) is 11.5 Å². The number of benzene rings is 1. The van der Waals surface area contributed by atoms with E-state index in [0.717, 1.165) is 0 Å². The molecule has 0 N–H and O–H groups in total. The Bertz CT molecular complexity index is 444. The number of hydrogen-bond acceptors (Lipinski definition) is 3. The highest BCUT2D eigenvalue weighted by molar-refractivity contribution is 6.36. The van der Waals surface area contributed by atoms with E-state index >= 15 is 0 Å². The third-order valence-electron chi connectivity index (χ3n) is 1.86. The third kappa shape index (κ3) is 3.80. The Labute approximate surface area is 114 Å². The van der Waals surface area contributed by atoms with Crippen LogP contribution in [-0.2, 0) is 0 Å². The predicted molar refractivity (Wildman–Crippen MR) is 68.7 cm³/mol. The minimum Gasteiger partial charge on any atom is -0.493 e. The maximum Gasteiger partial charge on any atom is 0.180 e. The molecule has 0 atom stereocenters. The Balaban J connectivity index is 3.01. The average molecular weight is 296 g/mol. The average Bonchev–Trinajstić information content (AvgIpc) is 2.35. The van der Waals surface area contributed by atoms with Crippen LogP contribution in [0.3, 0.4) is 0 Å². The second-order valence-electron chi connectivity index (χ2n) is 3.00. The van der Waals surface area contributed by atoms with Crippen molar-refractivity contribution in [1.82, 2.24) is 0 Å². The highest BCUT2D eigenvalue weighted by Gasteiger charge is 2.12. The Morgan fingerprint density at radius 1 is 1.47 bits per heavy atom. The Hall–Kier alpha value is -0.900. The van der Waals surface area contributed by atoms with Gasteiger partial charge in [-0.25, -0.2) is 0 Å². The first-order valence-corrected chi connectivity index (χ1v) is 5.72. The van der Waals surface area contributed by atoms with Crippen molar-refractivity contribution in [2.24, 2.45) is 0 Å². The first kappa shape index (κ1) is 14.2. The zero-order valence-corrected chi connectivity index (χ0v) is 11.1. The summed E-state index contributed by atoms with van der Waals surface area (Å²) >= 11 is 17.0. The minimum atomic E-state index is 0.0710. The minimum absolute atomic E-state index is 0.0710. The van der Waals surface area contributed by atoms with Crippen LogP contribution in [0.25, 0.3) is 0 Å². The van der Waals surface area contributed by atoms with Crippen LogP contribution in [0.5, 0.6) is 11.5 Å². The van der Waals surface area contributed by atoms with Gasteiger partial charge in [0.05, 0.1) is 17.2 Å². The van der Waals surface area contributed by atoms with Gasteiger partial charge in [-0.15, -0.1) is 0 Å². The molecule has 1 aromatic carbocycles. The van der Waals surface area contributed by atoms with Gasteiger partial charge >= 0.3 is 0 Å². The van der Waals surface area contributed by atoms with Gasteiger partial charge in [0.2, 0.25) is 0 Å². The molecule has 17 heavy (non-hydrogen) atoms. The third-order valence-corrected chi connectivity index (χ3v) is 2.73. The first-order valence-electron chi connectivity index (χ1n) is 4.52. The lowest BCUT2D eigenvalue weighted by Gasteiger charge is -2.12. The summed E-state index contributed by atoms with van der Waals surface area (Å²) in [6, 6.07) is 3.00. The quantitative estimate of drug-likeness (QED) is 0.774. The Kier molecular flexibility index (Phi) is 5.62. The molecular weight excluding hydrogens is 286 g/mol. The number of rotatable bonds is 5. The SMILES string of the molecule is COc1cc(C=O)cc(Cl)c1OCC(Cl)=CCl. The molecule has 3 nitrogen and oxygen atoms in total. The summed E-state index contributed by atoms with van der Waals surface area (Å²) in [5.74, 6) is 0.676. The molecule has 1 aromatic rings. The van der Waals surface area contributed by atoms with Gasteiger partial charge in [0.25, 0.3) is 0 Å². The van der Waals surface area contributed by atoms with Crippen molar-refractivity contribution in [1.29, 1.82) is 0 Å². The monoisotopic (exact) mass is 294 g/mol. The van der Waals surface area contributed by atoms with Crippen LogP contribution in [0.1, 0.15) is 10.4 Å². The van der Waals surface area contributed by atoms with E-state index in [9.17, 15) is 4.79 Å². The molecule has 0 radical (unpaired) electrons. The van der Waals surface area contributed by atoms with Crippen molar-refractivity contribution >= 4 is 41.1 Å². The Morgan fingerprint density at radius 2 is 2.18 bits per heavy atom. The highest BCUT2D eigenvalue weighted by atomic mass is 35.5. The predicted octanol–water partition coefficient (Wildman–Crippen LogP) is 3.86. The van der Waals surface area contributed by atoms with Gasteiger partial charge in [-0.2, -0.15) is 0 Å². The van der Waals surface area contributed by atoms with E-state index < -0.39 is 0 Å². The van der Waals surface area contributed by atoms with E-state index in [0.29, 0.717) is 28.4 Å². The van der Waals surface area contributed by atoms with Crippen molar-refractivity contribution in [3.63, 3.8) is 0 Å². The lowest BCUT2D eigenvalue weighted by atomic mass is 10.2. The molecule has 6 heteroatoms. The molecule has 0 saturated heterocycles. The molecule has 0 fully saturated rings. The van der Waals surface area contributed by atoms with Crippen molar-refractivity contribution in [2.45, 2.75) is 0 Å². The van der Waals surface area contributed by atoms with Gasteiger partial charge in [-0.1, -0.05) is 34.8 Å². The molecular formula is C11H9Cl3O3. The molecule has 0 unspecified atom stereocenters. The molecule has 0 amide bonds. The van der Waals surface area contributed by atoms with Crippen LogP contribution in [0.2, 0.25) is 5.02 Å². The molecule has 0 bridgehead atoms. The second-order valence-corrected chi connectivity index (χ2v) is 4.11. The van der Waals surface area contributed by atoms with Gasteiger partial charge in [-0.3, -0.25) is 4.79 Å². The molecule has 0 aliphatic heterocycles. The highest BCUT2D eigenvalue weighted by Crippen LogP contribution is 2.36. The van der Waals surface area contributed by atoms with E-state index in [1.54, 1.807) is 0 Å². The smallest absolute Gasteiger partial charge is 0.180 e. The van der Waals surface area contributed by atoms with E-state index in [-0.39, 0.29) is 11.6 Å². The van der Waals surface area contributed by atoms with Gasteiger partial charge in [0.1, 0.15) is 12.9 Å². The van der Waals surface area contributed by atoms with Gasteiger partial charge < -0.3 is 9.47 Å². The van der Waals surface area contributed by atoms with Crippen LogP contribution < -0.4 is 9.47 Å². The summed E-state index contributed by atoms with van der Waals surface area (Å²) < 4.78 is 10.4. The van der Waals surface area contributed by atoms with Crippen molar-refractivity contribution in [3.05, 3.63) is 33.3 Å². The molecule has 0 saturated carbocycles. The summed E-state index contributed by atoms with van der Waals surface area (Å²) in [6.07, 6.45) is 0.670. The zero-order valence-electron chi connectivity index (χ0n) is 8.88. The molecule has 1 rings (SSSR count). The van der Waals surface area contributed by atoms with Crippen molar-refractivity contribution in [2.75, 3.05) is 13.7 Å². The second kappa shape index (κ2) is 6.74. The van der Waals surface area contributed by atoms with Gasteiger partial charge in [0, 0.05) is 11.1 Å². The van der Waals surface area contributed by atoms with Crippen molar-refractivity contribution < 1.29 is 14.3 Å². The number of hydrogen-bond donors (Lipinski definition) is 0. The van der Waals surface area contributed by atoms with Crippen LogP contribution >= 0.6 is 34.8 Å². The zero-order chi connectivity index (χ0) is 12.8. The fourth-order valence-corrected chi connectivity index (χ4v) is 1.51. The lowest BCUT2D eigenvalue weighted by molar-refractivity contribution is 0.112. The van der Waals surface area contributed by atoms with Crippen LogP contribution in [0.4, 0.5) is 0 Å². The van der Waals surface area contributed by atoms with E-state index in [2.05, 4.69) is 0 Å². The van der Waals surface area contributed by atoms with Crippen LogP contribution in [0.15, 0.2) is 22.7 Å². The van der Waals surface area contributed by atoms with Crippen LogP contribution in [0, 0.1) is 0 Å². The van der Waals surface area contributed by atoms with E-state index in [4.69, 9.17) is 44.3 Å². The summed E-state index contributed by atoms with van der Waals surface area (Å²) in [4.78, 5) is 10.6. The molecule has 0 heterocycles. The fourth-order valence-electron chi connectivity index (χ4n) is 1.12.